The lowest BCUT2D eigenvalue weighted by Gasteiger charge is -2.29. The molecule has 0 aromatic carbocycles. The van der Waals surface area contributed by atoms with E-state index < -0.39 is 0 Å². The Labute approximate surface area is 116 Å². The Hall–Kier alpha value is -1.12. The van der Waals surface area contributed by atoms with Crippen LogP contribution in [0.3, 0.4) is 0 Å². The minimum absolute atomic E-state index is 0.111. The molecule has 2 rings (SSSR count). The first-order valence-corrected chi connectivity index (χ1v) is 7.65. The van der Waals surface area contributed by atoms with Gasteiger partial charge in [0.25, 0.3) is 0 Å². The molecule has 1 aromatic rings. The molecular weight excluding hydrogens is 236 g/mol. The second kappa shape index (κ2) is 5.89. The molecule has 3 heteroatoms. The zero-order chi connectivity index (χ0) is 13.9. The van der Waals surface area contributed by atoms with Crippen LogP contribution in [-0.4, -0.2) is 15.6 Å². The van der Waals surface area contributed by atoms with Gasteiger partial charge in [0.15, 0.2) is 5.78 Å². The lowest BCUT2D eigenvalue weighted by Crippen LogP contribution is -2.31. The summed E-state index contributed by atoms with van der Waals surface area (Å²) in [5, 5.41) is 4.30. The molecule has 1 aromatic heterocycles. The summed E-state index contributed by atoms with van der Waals surface area (Å²) in [4.78, 5) is 13.0. The molecule has 1 aliphatic carbocycles. The predicted molar refractivity (Wildman–Crippen MR) is 77.2 cm³/mol. The van der Waals surface area contributed by atoms with E-state index >= 15 is 0 Å². The largest absolute Gasteiger partial charge is 0.292 e. The number of rotatable bonds is 6. The maximum atomic E-state index is 13.0. The van der Waals surface area contributed by atoms with Gasteiger partial charge in [-0.25, -0.2) is 0 Å². The second-order valence-corrected chi connectivity index (χ2v) is 6.35. The van der Waals surface area contributed by atoms with E-state index in [1.165, 1.54) is 12.8 Å². The zero-order valence-electron chi connectivity index (χ0n) is 12.5. The quantitative estimate of drug-likeness (QED) is 0.724. The smallest absolute Gasteiger partial charge is 0.186 e. The predicted octanol–water partition coefficient (Wildman–Crippen LogP) is 4.08. The van der Waals surface area contributed by atoms with Crippen molar-refractivity contribution < 1.29 is 4.79 Å². The topological polar surface area (TPSA) is 34.9 Å². The highest BCUT2D eigenvalue weighted by Gasteiger charge is 2.42. The Kier molecular flexibility index (Phi) is 4.43. The van der Waals surface area contributed by atoms with Crippen molar-refractivity contribution >= 4 is 5.78 Å². The molecule has 19 heavy (non-hydrogen) atoms. The van der Waals surface area contributed by atoms with E-state index in [1.807, 2.05) is 10.7 Å². The molecule has 0 atom stereocenters. The van der Waals surface area contributed by atoms with Gasteiger partial charge in [0, 0.05) is 18.2 Å². The van der Waals surface area contributed by atoms with Crippen LogP contribution in [0.2, 0.25) is 0 Å². The molecule has 0 saturated heterocycles. The Morgan fingerprint density at radius 1 is 1.42 bits per heavy atom. The second-order valence-electron chi connectivity index (χ2n) is 6.35. The van der Waals surface area contributed by atoms with Crippen molar-refractivity contribution in [3.8, 4) is 0 Å². The number of carbonyl (C=O) groups excluding carboxylic acids is 1. The molecule has 0 unspecified atom stereocenters. The van der Waals surface area contributed by atoms with Crippen LogP contribution >= 0.6 is 0 Å². The van der Waals surface area contributed by atoms with E-state index in [9.17, 15) is 4.79 Å². The summed E-state index contributed by atoms with van der Waals surface area (Å²) in [5.74, 6) is 0.911. The SMILES string of the molecule is CCCn1nccc1C(=O)C1(CC(C)C)CCCC1. The molecule has 3 nitrogen and oxygen atoms in total. The molecule has 106 valence electrons. The molecule has 1 fully saturated rings. The van der Waals surface area contributed by atoms with Crippen molar-refractivity contribution in [2.75, 3.05) is 0 Å². The first-order chi connectivity index (χ1) is 9.09. The number of aryl methyl sites for hydroxylation is 1. The molecule has 0 amide bonds. The van der Waals surface area contributed by atoms with Crippen molar-refractivity contribution in [1.82, 2.24) is 9.78 Å². The van der Waals surface area contributed by atoms with Crippen LogP contribution < -0.4 is 0 Å². The Morgan fingerprint density at radius 2 is 2.11 bits per heavy atom. The standard InChI is InChI=1S/C16H26N2O/c1-4-11-18-14(7-10-17-18)15(19)16(12-13(2)3)8-5-6-9-16/h7,10,13H,4-6,8-9,11-12H2,1-3H3. The van der Waals surface area contributed by atoms with Crippen LogP contribution in [0.4, 0.5) is 0 Å². The fourth-order valence-electron chi connectivity index (χ4n) is 3.54. The van der Waals surface area contributed by atoms with Gasteiger partial charge in [-0.15, -0.1) is 0 Å². The molecule has 0 spiro atoms. The summed E-state index contributed by atoms with van der Waals surface area (Å²) in [5.41, 5.74) is 0.712. The maximum absolute atomic E-state index is 13.0. The number of nitrogens with zero attached hydrogens (tertiary/aromatic N) is 2. The molecule has 0 radical (unpaired) electrons. The monoisotopic (exact) mass is 262 g/mol. The fourth-order valence-corrected chi connectivity index (χ4v) is 3.54. The number of ketones is 1. The van der Waals surface area contributed by atoms with Crippen molar-refractivity contribution in [2.24, 2.45) is 11.3 Å². The van der Waals surface area contributed by atoms with Gasteiger partial charge in [-0.1, -0.05) is 33.6 Å². The molecule has 0 N–H and O–H groups in total. The minimum atomic E-state index is -0.111. The van der Waals surface area contributed by atoms with Crippen LogP contribution in [0.25, 0.3) is 0 Å². The van der Waals surface area contributed by atoms with Crippen LogP contribution in [-0.2, 0) is 6.54 Å². The number of hydrogen-bond acceptors (Lipinski definition) is 2. The highest BCUT2D eigenvalue weighted by Crippen LogP contribution is 2.45. The van der Waals surface area contributed by atoms with Gasteiger partial charge < -0.3 is 0 Å². The van der Waals surface area contributed by atoms with E-state index in [1.54, 1.807) is 6.20 Å². The van der Waals surface area contributed by atoms with Gasteiger partial charge >= 0.3 is 0 Å². The summed E-state index contributed by atoms with van der Waals surface area (Å²) < 4.78 is 1.89. The van der Waals surface area contributed by atoms with E-state index in [4.69, 9.17) is 0 Å². The summed E-state index contributed by atoms with van der Waals surface area (Å²) in [7, 11) is 0. The third-order valence-corrected chi connectivity index (χ3v) is 4.23. The Bertz CT molecular complexity index is 428. The van der Waals surface area contributed by atoms with Crippen LogP contribution in [0.15, 0.2) is 12.3 Å². The Balaban J connectivity index is 2.26. The average molecular weight is 262 g/mol. The summed E-state index contributed by atoms with van der Waals surface area (Å²) in [6, 6.07) is 1.90. The normalized spacial score (nSPS) is 18.1. The van der Waals surface area contributed by atoms with Gasteiger partial charge in [-0.3, -0.25) is 9.48 Å². The van der Waals surface area contributed by atoms with E-state index in [-0.39, 0.29) is 5.41 Å². The minimum Gasteiger partial charge on any atom is -0.292 e. The average Bonchev–Trinajstić information content (AvgIpc) is 2.98. The highest BCUT2D eigenvalue weighted by atomic mass is 16.1. The lowest BCUT2D eigenvalue weighted by atomic mass is 9.74. The zero-order valence-corrected chi connectivity index (χ0v) is 12.5. The number of hydrogen-bond donors (Lipinski definition) is 0. The van der Waals surface area contributed by atoms with Crippen LogP contribution in [0.5, 0.6) is 0 Å². The summed E-state index contributed by atoms with van der Waals surface area (Å²) >= 11 is 0. The summed E-state index contributed by atoms with van der Waals surface area (Å²) in [6.45, 7) is 7.40. The first kappa shape index (κ1) is 14.3. The fraction of sp³-hybridized carbons (Fsp3) is 0.750. The van der Waals surface area contributed by atoms with Gasteiger partial charge in [-0.05, 0) is 37.7 Å². The number of Topliss-reactive ketones (excluding diaryl/α,β-unsaturated/α-hetero) is 1. The molecule has 1 heterocycles. The third kappa shape index (κ3) is 2.90. The Morgan fingerprint density at radius 3 is 2.68 bits per heavy atom. The van der Waals surface area contributed by atoms with E-state index in [2.05, 4.69) is 25.9 Å². The van der Waals surface area contributed by atoms with Gasteiger partial charge in [0.1, 0.15) is 5.69 Å². The lowest BCUT2D eigenvalue weighted by molar-refractivity contribution is 0.0747. The van der Waals surface area contributed by atoms with Crippen LogP contribution in [0, 0.1) is 11.3 Å². The maximum Gasteiger partial charge on any atom is 0.186 e. The van der Waals surface area contributed by atoms with Crippen molar-refractivity contribution in [3.63, 3.8) is 0 Å². The summed E-state index contributed by atoms with van der Waals surface area (Å²) in [6.07, 6.45) is 8.30. The number of carbonyl (C=O) groups is 1. The number of aromatic nitrogens is 2. The van der Waals surface area contributed by atoms with Crippen LogP contribution in [0.1, 0.15) is 69.8 Å². The molecular formula is C16H26N2O. The van der Waals surface area contributed by atoms with Crippen molar-refractivity contribution in [3.05, 3.63) is 18.0 Å². The molecule has 1 aliphatic rings. The van der Waals surface area contributed by atoms with Gasteiger partial charge in [0.05, 0.1) is 0 Å². The van der Waals surface area contributed by atoms with E-state index in [0.29, 0.717) is 11.7 Å². The van der Waals surface area contributed by atoms with Gasteiger partial charge in [0.2, 0.25) is 0 Å². The van der Waals surface area contributed by atoms with Crippen molar-refractivity contribution in [1.29, 1.82) is 0 Å². The van der Waals surface area contributed by atoms with Gasteiger partial charge in [-0.2, -0.15) is 5.10 Å². The highest BCUT2D eigenvalue weighted by molar-refractivity contribution is 5.99. The van der Waals surface area contributed by atoms with E-state index in [0.717, 1.165) is 37.9 Å². The first-order valence-electron chi connectivity index (χ1n) is 7.65. The molecule has 1 saturated carbocycles. The molecule has 0 bridgehead atoms. The molecule has 0 aliphatic heterocycles. The third-order valence-electron chi connectivity index (χ3n) is 4.23. The van der Waals surface area contributed by atoms with Crippen molar-refractivity contribution in [2.45, 2.75) is 65.8 Å².